The molecule has 0 amide bonds. The molecule has 1 aliphatic rings. The average molecular weight is 140 g/mol. The van der Waals surface area contributed by atoms with Gasteiger partial charge in [0.1, 0.15) is 5.60 Å². The molecule has 0 saturated carbocycles. The third-order valence-corrected chi connectivity index (χ3v) is 2.18. The molecule has 1 aliphatic heterocycles. The Labute approximate surface area is 61.2 Å². The maximum atomic E-state index is 8.43. The number of rotatable bonds is 2. The summed E-state index contributed by atoms with van der Waals surface area (Å²) in [7, 11) is 1.71. The van der Waals surface area contributed by atoms with E-state index in [1.165, 1.54) is 0 Å². The molecule has 0 aliphatic carbocycles. The highest BCUT2D eigenvalue weighted by Crippen LogP contribution is 2.26. The molecule has 0 unspecified atom stereocenters. The lowest BCUT2D eigenvalue weighted by molar-refractivity contribution is -0.104. The first-order valence-corrected chi connectivity index (χ1v) is 3.46. The van der Waals surface area contributed by atoms with Crippen molar-refractivity contribution in [3.05, 3.63) is 0 Å². The smallest absolute Gasteiger partial charge is 0.179 e. The lowest BCUT2D eigenvalue weighted by Gasteiger charge is -2.45. The topological polar surface area (TPSA) is 36.3 Å². The summed E-state index contributed by atoms with van der Waals surface area (Å²) in [6.45, 7) is 3.60. The van der Waals surface area contributed by atoms with Crippen LogP contribution in [0.2, 0.25) is 0 Å². The van der Waals surface area contributed by atoms with Gasteiger partial charge in [-0.05, 0) is 6.42 Å². The Hall–Kier alpha value is -0.750. The molecular formula is C7H12N2O. The quantitative estimate of drug-likeness (QED) is 0.526. The highest BCUT2D eigenvalue weighted by molar-refractivity contribution is 5.01. The molecule has 0 spiro atoms. The molecule has 1 fully saturated rings. The van der Waals surface area contributed by atoms with Crippen molar-refractivity contribution in [3.8, 4) is 6.19 Å². The largest absolute Gasteiger partial charge is 0.374 e. The first-order valence-electron chi connectivity index (χ1n) is 3.46. The van der Waals surface area contributed by atoms with Gasteiger partial charge in [0, 0.05) is 7.11 Å². The third-order valence-electron chi connectivity index (χ3n) is 2.18. The molecule has 0 radical (unpaired) electrons. The van der Waals surface area contributed by atoms with E-state index in [0.29, 0.717) is 0 Å². The number of methoxy groups -OCH3 is 1. The van der Waals surface area contributed by atoms with Gasteiger partial charge in [-0.15, -0.1) is 0 Å². The zero-order valence-corrected chi connectivity index (χ0v) is 6.42. The Morgan fingerprint density at radius 1 is 1.70 bits per heavy atom. The number of ether oxygens (including phenoxy) is 1. The second kappa shape index (κ2) is 2.47. The molecule has 1 rings (SSSR count). The molecule has 1 heterocycles. The Morgan fingerprint density at radius 2 is 2.30 bits per heavy atom. The summed E-state index contributed by atoms with van der Waals surface area (Å²) >= 11 is 0. The van der Waals surface area contributed by atoms with Crippen LogP contribution in [0.3, 0.4) is 0 Å². The molecule has 0 bridgehead atoms. The number of hydrogen-bond acceptors (Lipinski definition) is 3. The maximum absolute atomic E-state index is 8.43. The van der Waals surface area contributed by atoms with Crippen molar-refractivity contribution in [1.82, 2.24) is 4.90 Å². The summed E-state index contributed by atoms with van der Waals surface area (Å²) in [6.07, 6.45) is 3.07. The van der Waals surface area contributed by atoms with Crippen molar-refractivity contribution in [1.29, 1.82) is 5.26 Å². The molecule has 0 aromatic carbocycles. The SMILES string of the molecule is CCC1(OC)CN(C#N)C1. The van der Waals surface area contributed by atoms with Gasteiger partial charge in [0.05, 0.1) is 13.1 Å². The van der Waals surface area contributed by atoms with Crippen LogP contribution in [0.5, 0.6) is 0 Å². The summed E-state index contributed by atoms with van der Waals surface area (Å²) in [6, 6.07) is 0. The van der Waals surface area contributed by atoms with Crippen LogP contribution in [0.25, 0.3) is 0 Å². The van der Waals surface area contributed by atoms with Crippen LogP contribution in [0, 0.1) is 11.5 Å². The average Bonchev–Trinajstić information content (AvgIpc) is 1.89. The van der Waals surface area contributed by atoms with Crippen molar-refractivity contribution >= 4 is 0 Å². The molecule has 1 saturated heterocycles. The van der Waals surface area contributed by atoms with Gasteiger partial charge >= 0.3 is 0 Å². The minimum atomic E-state index is -0.0181. The van der Waals surface area contributed by atoms with E-state index in [1.54, 1.807) is 12.0 Å². The molecule has 3 nitrogen and oxygen atoms in total. The van der Waals surface area contributed by atoms with Gasteiger partial charge in [-0.3, -0.25) is 0 Å². The summed E-state index contributed by atoms with van der Waals surface area (Å²) < 4.78 is 5.26. The molecular weight excluding hydrogens is 128 g/mol. The van der Waals surface area contributed by atoms with E-state index in [0.717, 1.165) is 19.5 Å². The first-order chi connectivity index (χ1) is 4.76. The molecule has 0 aromatic heterocycles. The van der Waals surface area contributed by atoms with E-state index in [4.69, 9.17) is 10.00 Å². The zero-order chi connectivity index (χ0) is 7.61. The van der Waals surface area contributed by atoms with Gasteiger partial charge in [0.25, 0.3) is 0 Å². The number of nitrogens with zero attached hydrogens (tertiary/aromatic N) is 2. The van der Waals surface area contributed by atoms with E-state index in [9.17, 15) is 0 Å². The van der Waals surface area contributed by atoms with E-state index < -0.39 is 0 Å². The van der Waals surface area contributed by atoms with Crippen LogP contribution < -0.4 is 0 Å². The van der Waals surface area contributed by atoms with E-state index in [1.807, 2.05) is 0 Å². The normalized spacial score (nSPS) is 21.5. The predicted octanol–water partition coefficient (Wildman–Crippen LogP) is 0.578. The summed E-state index contributed by atoms with van der Waals surface area (Å²) in [5.41, 5.74) is -0.0181. The molecule has 56 valence electrons. The van der Waals surface area contributed by atoms with Gasteiger partial charge in [-0.25, -0.2) is 0 Å². The van der Waals surface area contributed by atoms with Crippen LogP contribution >= 0.6 is 0 Å². The van der Waals surface area contributed by atoms with Crippen LogP contribution in [0.1, 0.15) is 13.3 Å². The van der Waals surface area contributed by atoms with E-state index in [2.05, 4.69) is 13.1 Å². The van der Waals surface area contributed by atoms with Gasteiger partial charge in [-0.2, -0.15) is 5.26 Å². The van der Waals surface area contributed by atoms with Crippen molar-refractivity contribution < 1.29 is 4.74 Å². The fraction of sp³-hybridized carbons (Fsp3) is 0.857. The van der Waals surface area contributed by atoms with Gasteiger partial charge in [0.15, 0.2) is 6.19 Å². The first kappa shape index (κ1) is 7.36. The minimum Gasteiger partial charge on any atom is -0.374 e. The minimum absolute atomic E-state index is 0.0181. The Kier molecular flexibility index (Phi) is 1.82. The Balaban J connectivity index is 2.40. The van der Waals surface area contributed by atoms with Crippen molar-refractivity contribution in [3.63, 3.8) is 0 Å². The highest BCUT2D eigenvalue weighted by Gasteiger charge is 2.41. The van der Waals surface area contributed by atoms with Gasteiger partial charge < -0.3 is 9.64 Å². The van der Waals surface area contributed by atoms with Crippen molar-refractivity contribution in [2.45, 2.75) is 18.9 Å². The zero-order valence-electron chi connectivity index (χ0n) is 6.42. The second-order valence-corrected chi connectivity index (χ2v) is 2.70. The molecule has 10 heavy (non-hydrogen) atoms. The predicted molar refractivity (Wildman–Crippen MR) is 37.2 cm³/mol. The van der Waals surface area contributed by atoms with Crippen LogP contribution in [-0.4, -0.2) is 30.7 Å². The summed E-state index contributed by atoms with van der Waals surface area (Å²) in [4.78, 5) is 1.70. The van der Waals surface area contributed by atoms with Crippen molar-refractivity contribution in [2.75, 3.05) is 20.2 Å². The lowest BCUT2D eigenvalue weighted by atomic mass is 9.92. The second-order valence-electron chi connectivity index (χ2n) is 2.70. The molecule has 0 N–H and O–H groups in total. The summed E-state index contributed by atoms with van der Waals surface area (Å²) in [5.74, 6) is 0. The number of likely N-dealkylation sites (tertiary alicyclic amines) is 1. The maximum Gasteiger partial charge on any atom is 0.179 e. The van der Waals surface area contributed by atoms with Crippen LogP contribution in [0.15, 0.2) is 0 Å². The summed E-state index contributed by atoms with van der Waals surface area (Å²) in [5, 5.41) is 8.43. The fourth-order valence-corrected chi connectivity index (χ4v) is 1.22. The highest BCUT2D eigenvalue weighted by atomic mass is 16.5. The lowest BCUT2D eigenvalue weighted by Crippen LogP contribution is -2.60. The van der Waals surface area contributed by atoms with E-state index in [-0.39, 0.29) is 5.60 Å². The fourth-order valence-electron chi connectivity index (χ4n) is 1.22. The Bertz CT molecular complexity index is 149. The molecule has 0 atom stereocenters. The number of nitriles is 1. The van der Waals surface area contributed by atoms with Crippen LogP contribution in [0.4, 0.5) is 0 Å². The Morgan fingerprint density at radius 3 is 2.60 bits per heavy atom. The monoisotopic (exact) mass is 140 g/mol. The van der Waals surface area contributed by atoms with Gasteiger partial charge in [-0.1, -0.05) is 6.92 Å². The third kappa shape index (κ3) is 0.952. The molecule has 3 heteroatoms. The standard InChI is InChI=1S/C7H12N2O/c1-3-7(10-2)4-9(5-7)6-8/h3-5H2,1-2H3. The number of hydrogen-bond donors (Lipinski definition) is 0. The molecule has 0 aromatic rings. The van der Waals surface area contributed by atoms with E-state index >= 15 is 0 Å². The van der Waals surface area contributed by atoms with Crippen LogP contribution in [-0.2, 0) is 4.74 Å². The van der Waals surface area contributed by atoms with Crippen molar-refractivity contribution in [2.24, 2.45) is 0 Å². The van der Waals surface area contributed by atoms with Gasteiger partial charge in [0.2, 0.25) is 0 Å².